The van der Waals surface area contributed by atoms with Gasteiger partial charge in [-0.05, 0) is 49.0 Å². The number of nitrogens with zero attached hydrogens (tertiary/aromatic N) is 2. The highest BCUT2D eigenvalue weighted by Crippen LogP contribution is 2.17. The van der Waals surface area contributed by atoms with Crippen LogP contribution in [0.15, 0.2) is 48.5 Å². The number of hydrogen-bond donors (Lipinski definition) is 0. The smallest absolute Gasteiger partial charge is 0.253 e. The third-order valence-electron chi connectivity index (χ3n) is 4.34. The first kappa shape index (κ1) is 20.3. The summed E-state index contributed by atoms with van der Waals surface area (Å²) in [5.41, 5.74) is 1.91. The van der Waals surface area contributed by atoms with Crippen LogP contribution in [0.2, 0.25) is 5.02 Å². The largest absolute Gasteiger partial charge is 0.492 e. The molecule has 0 spiro atoms. The average molecular weight is 375 g/mol. The van der Waals surface area contributed by atoms with E-state index in [-0.39, 0.29) is 5.91 Å². The molecule has 0 aliphatic heterocycles. The van der Waals surface area contributed by atoms with Crippen LogP contribution >= 0.6 is 11.6 Å². The fourth-order valence-corrected chi connectivity index (χ4v) is 2.82. The highest BCUT2D eigenvalue weighted by molar-refractivity contribution is 6.30. The van der Waals surface area contributed by atoms with Gasteiger partial charge in [0.1, 0.15) is 12.4 Å². The molecule has 0 aromatic heterocycles. The van der Waals surface area contributed by atoms with E-state index >= 15 is 0 Å². The Morgan fingerprint density at radius 3 is 2.38 bits per heavy atom. The Balaban J connectivity index is 1.85. The summed E-state index contributed by atoms with van der Waals surface area (Å²) >= 11 is 5.93. The minimum Gasteiger partial charge on any atom is -0.492 e. The summed E-state index contributed by atoms with van der Waals surface area (Å²) in [5.74, 6) is 0.702. The summed E-state index contributed by atoms with van der Waals surface area (Å²) in [6.45, 7) is 8.18. The van der Waals surface area contributed by atoms with Crippen molar-refractivity contribution < 1.29 is 9.53 Å². The van der Waals surface area contributed by atoms with Crippen LogP contribution in [0.4, 0.5) is 0 Å². The maximum Gasteiger partial charge on any atom is 0.253 e. The summed E-state index contributed by atoms with van der Waals surface area (Å²) < 4.78 is 5.65. The van der Waals surface area contributed by atoms with E-state index in [1.54, 1.807) is 24.1 Å². The molecule has 0 fully saturated rings. The van der Waals surface area contributed by atoms with Gasteiger partial charge in [0, 0.05) is 24.2 Å². The van der Waals surface area contributed by atoms with Crippen LogP contribution in [0.5, 0.6) is 5.75 Å². The van der Waals surface area contributed by atoms with Gasteiger partial charge in [-0.25, -0.2) is 0 Å². The van der Waals surface area contributed by atoms with Gasteiger partial charge in [-0.2, -0.15) is 0 Å². The van der Waals surface area contributed by atoms with Gasteiger partial charge in [0.15, 0.2) is 0 Å². The number of halogens is 1. The number of likely N-dealkylation sites (N-methyl/N-ethyl adjacent to an activating group) is 1. The molecule has 140 valence electrons. The van der Waals surface area contributed by atoms with E-state index in [1.165, 1.54) is 5.56 Å². The normalized spacial score (nSPS) is 10.8. The van der Waals surface area contributed by atoms with Crippen molar-refractivity contribution in [2.75, 3.05) is 33.3 Å². The lowest BCUT2D eigenvalue weighted by Crippen LogP contribution is -2.30. The van der Waals surface area contributed by atoms with Crippen LogP contribution in [-0.4, -0.2) is 49.0 Å². The first-order chi connectivity index (χ1) is 12.5. The third-order valence-corrected chi connectivity index (χ3v) is 4.57. The predicted octanol–water partition coefficient (Wildman–Crippen LogP) is 4.33. The zero-order chi connectivity index (χ0) is 18.9. The maximum absolute atomic E-state index is 12.5. The van der Waals surface area contributed by atoms with Gasteiger partial charge in [0.2, 0.25) is 0 Å². The molecule has 0 aliphatic carbocycles. The first-order valence-corrected chi connectivity index (χ1v) is 9.36. The number of hydrogen-bond acceptors (Lipinski definition) is 3. The van der Waals surface area contributed by atoms with E-state index in [4.69, 9.17) is 16.3 Å². The fourth-order valence-electron chi connectivity index (χ4n) is 2.64. The van der Waals surface area contributed by atoms with Crippen molar-refractivity contribution in [2.24, 2.45) is 0 Å². The number of rotatable bonds is 9. The molecule has 2 aromatic carbocycles. The van der Waals surface area contributed by atoms with Crippen LogP contribution in [0.3, 0.4) is 0 Å². The van der Waals surface area contributed by atoms with E-state index in [9.17, 15) is 4.79 Å². The molecule has 0 bridgehead atoms. The van der Waals surface area contributed by atoms with Crippen LogP contribution in [0.1, 0.15) is 29.8 Å². The summed E-state index contributed by atoms with van der Waals surface area (Å²) in [4.78, 5) is 16.5. The van der Waals surface area contributed by atoms with E-state index in [2.05, 4.69) is 18.7 Å². The van der Waals surface area contributed by atoms with Crippen molar-refractivity contribution in [2.45, 2.75) is 20.4 Å². The standard InChI is InChI=1S/C21H27ClN2O2/c1-4-24(5-2)16-17-9-11-18(12-10-17)21(25)23(3)13-14-26-20-8-6-7-19(22)15-20/h6-12,15H,4-5,13-14,16H2,1-3H3. The van der Waals surface area contributed by atoms with Gasteiger partial charge >= 0.3 is 0 Å². The number of benzene rings is 2. The Morgan fingerprint density at radius 2 is 1.77 bits per heavy atom. The zero-order valence-corrected chi connectivity index (χ0v) is 16.5. The minimum atomic E-state index is -0.00548. The number of carbonyl (C=O) groups excluding carboxylic acids is 1. The summed E-state index contributed by atoms with van der Waals surface area (Å²) in [6, 6.07) is 15.1. The molecule has 0 saturated heterocycles. The molecule has 0 saturated carbocycles. The Hall–Kier alpha value is -2.04. The second-order valence-electron chi connectivity index (χ2n) is 6.19. The molecule has 5 heteroatoms. The SMILES string of the molecule is CCN(CC)Cc1ccc(C(=O)N(C)CCOc2cccc(Cl)c2)cc1. The highest BCUT2D eigenvalue weighted by atomic mass is 35.5. The van der Waals surface area contributed by atoms with Crippen molar-refractivity contribution in [1.82, 2.24) is 9.80 Å². The van der Waals surface area contributed by atoms with Crippen molar-refractivity contribution in [3.05, 3.63) is 64.7 Å². The maximum atomic E-state index is 12.5. The number of amides is 1. The molecule has 0 unspecified atom stereocenters. The molecule has 0 aliphatic rings. The Morgan fingerprint density at radius 1 is 1.08 bits per heavy atom. The Kier molecular flexibility index (Phi) is 7.95. The van der Waals surface area contributed by atoms with Crippen LogP contribution in [0.25, 0.3) is 0 Å². The van der Waals surface area contributed by atoms with Gasteiger partial charge in [0.25, 0.3) is 5.91 Å². The van der Waals surface area contributed by atoms with Gasteiger partial charge in [-0.1, -0.05) is 43.6 Å². The monoisotopic (exact) mass is 374 g/mol. The Labute approximate surface area is 161 Å². The van der Waals surface area contributed by atoms with Crippen molar-refractivity contribution in [1.29, 1.82) is 0 Å². The zero-order valence-electron chi connectivity index (χ0n) is 15.7. The molecule has 0 atom stereocenters. The van der Waals surface area contributed by atoms with E-state index < -0.39 is 0 Å². The van der Waals surface area contributed by atoms with Crippen LogP contribution in [0, 0.1) is 0 Å². The van der Waals surface area contributed by atoms with E-state index in [0.29, 0.717) is 29.5 Å². The van der Waals surface area contributed by atoms with Crippen LogP contribution in [-0.2, 0) is 6.54 Å². The molecular weight excluding hydrogens is 348 g/mol. The lowest BCUT2D eigenvalue weighted by Gasteiger charge is -2.19. The molecule has 4 nitrogen and oxygen atoms in total. The average Bonchev–Trinajstić information content (AvgIpc) is 2.66. The number of carbonyl (C=O) groups is 1. The van der Waals surface area contributed by atoms with E-state index in [1.807, 2.05) is 36.4 Å². The quantitative estimate of drug-likeness (QED) is 0.654. The van der Waals surface area contributed by atoms with E-state index in [0.717, 1.165) is 19.6 Å². The van der Waals surface area contributed by atoms with Gasteiger partial charge in [-0.15, -0.1) is 0 Å². The fraction of sp³-hybridized carbons (Fsp3) is 0.381. The number of ether oxygens (including phenoxy) is 1. The molecule has 0 N–H and O–H groups in total. The van der Waals surface area contributed by atoms with Crippen molar-refractivity contribution >= 4 is 17.5 Å². The molecule has 2 aromatic rings. The van der Waals surface area contributed by atoms with Crippen LogP contribution < -0.4 is 4.74 Å². The summed E-state index contributed by atoms with van der Waals surface area (Å²) in [6.07, 6.45) is 0. The lowest BCUT2D eigenvalue weighted by atomic mass is 10.1. The topological polar surface area (TPSA) is 32.8 Å². The Bertz CT molecular complexity index is 699. The third kappa shape index (κ3) is 6.04. The second-order valence-corrected chi connectivity index (χ2v) is 6.63. The molecule has 26 heavy (non-hydrogen) atoms. The van der Waals surface area contributed by atoms with Gasteiger partial charge in [0.05, 0.1) is 6.54 Å². The minimum absolute atomic E-state index is 0.00548. The van der Waals surface area contributed by atoms with Gasteiger partial charge < -0.3 is 9.64 Å². The summed E-state index contributed by atoms with van der Waals surface area (Å²) in [5, 5.41) is 0.636. The molecule has 0 heterocycles. The van der Waals surface area contributed by atoms with Crippen molar-refractivity contribution in [3.63, 3.8) is 0 Å². The predicted molar refractivity (Wildman–Crippen MR) is 107 cm³/mol. The highest BCUT2D eigenvalue weighted by Gasteiger charge is 2.12. The molecule has 2 rings (SSSR count). The lowest BCUT2D eigenvalue weighted by molar-refractivity contribution is 0.0773. The summed E-state index contributed by atoms with van der Waals surface area (Å²) in [7, 11) is 1.79. The van der Waals surface area contributed by atoms with Gasteiger partial charge in [-0.3, -0.25) is 9.69 Å². The molecule has 1 amide bonds. The molecular formula is C21H27ClN2O2. The van der Waals surface area contributed by atoms with Crippen molar-refractivity contribution in [3.8, 4) is 5.75 Å². The first-order valence-electron chi connectivity index (χ1n) is 8.98. The second kappa shape index (κ2) is 10.2. The molecule has 0 radical (unpaired) electrons.